The van der Waals surface area contributed by atoms with Crippen molar-refractivity contribution in [3.63, 3.8) is 0 Å². The van der Waals surface area contributed by atoms with Gasteiger partial charge in [0.05, 0.1) is 11.6 Å². The highest BCUT2D eigenvalue weighted by Gasteiger charge is 2.23. The number of carboxylic acid groups (broad SMARTS) is 1. The molecule has 2 atom stereocenters. The first kappa shape index (κ1) is 15.9. The molecular formula is C14H19ClFNO2. The molecule has 5 heteroatoms. The van der Waals surface area contributed by atoms with E-state index in [-0.39, 0.29) is 23.7 Å². The minimum absolute atomic E-state index is 0.0504. The Morgan fingerprint density at radius 2 is 2.11 bits per heavy atom. The van der Waals surface area contributed by atoms with E-state index < -0.39 is 11.8 Å². The Balaban J connectivity index is 3.00. The van der Waals surface area contributed by atoms with Gasteiger partial charge >= 0.3 is 5.97 Å². The van der Waals surface area contributed by atoms with Crippen molar-refractivity contribution in [1.29, 1.82) is 0 Å². The van der Waals surface area contributed by atoms with Gasteiger partial charge in [0.1, 0.15) is 5.82 Å². The van der Waals surface area contributed by atoms with E-state index in [4.69, 9.17) is 16.7 Å². The largest absolute Gasteiger partial charge is 0.480 e. The van der Waals surface area contributed by atoms with Crippen molar-refractivity contribution in [2.45, 2.75) is 39.3 Å². The van der Waals surface area contributed by atoms with Crippen molar-refractivity contribution in [3.05, 3.63) is 34.6 Å². The van der Waals surface area contributed by atoms with E-state index in [2.05, 4.69) is 0 Å². The minimum atomic E-state index is -0.875. The Labute approximate surface area is 118 Å². The van der Waals surface area contributed by atoms with Crippen molar-refractivity contribution in [3.8, 4) is 0 Å². The number of benzene rings is 1. The molecule has 0 bridgehead atoms. The standard InChI is InChI=1S/C14H19ClFNO2/c1-4-9(2)17(8-14(18)19)10(3)11-5-6-13(16)12(15)7-11/h5-7,9-10H,4,8H2,1-3H3,(H,18,19). The molecule has 0 aliphatic rings. The van der Waals surface area contributed by atoms with Crippen LogP contribution in [-0.2, 0) is 4.79 Å². The van der Waals surface area contributed by atoms with Gasteiger partial charge in [0.15, 0.2) is 0 Å². The Morgan fingerprint density at radius 3 is 2.58 bits per heavy atom. The molecule has 0 amide bonds. The maximum absolute atomic E-state index is 13.2. The van der Waals surface area contributed by atoms with E-state index in [1.165, 1.54) is 6.07 Å². The maximum atomic E-state index is 13.2. The quantitative estimate of drug-likeness (QED) is 0.867. The van der Waals surface area contributed by atoms with Crippen molar-refractivity contribution >= 4 is 17.6 Å². The maximum Gasteiger partial charge on any atom is 0.317 e. The van der Waals surface area contributed by atoms with Gasteiger partial charge < -0.3 is 5.11 Å². The van der Waals surface area contributed by atoms with Crippen LogP contribution in [0.15, 0.2) is 18.2 Å². The molecule has 0 saturated carbocycles. The predicted octanol–water partition coefficient (Wildman–Crippen LogP) is 3.73. The lowest BCUT2D eigenvalue weighted by molar-refractivity contribution is -0.139. The Kier molecular flexibility index (Phi) is 5.76. The highest BCUT2D eigenvalue weighted by atomic mass is 35.5. The summed E-state index contributed by atoms with van der Waals surface area (Å²) in [4.78, 5) is 12.8. The van der Waals surface area contributed by atoms with Crippen molar-refractivity contribution in [2.24, 2.45) is 0 Å². The fraction of sp³-hybridized carbons (Fsp3) is 0.500. The summed E-state index contributed by atoms with van der Waals surface area (Å²) in [5.41, 5.74) is 0.813. The molecule has 3 nitrogen and oxygen atoms in total. The van der Waals surface area contributed by atoms with E-state index in [1.54, 1.807) is 12.1 Å². The van der Waals surface area contributed by atoms with Crippen LogP contribution in [0.5, 0.6) is 0 Å². The first-order valence-corrected chi connectivity index (χ1v) is 6.67. The van der Waals surface area contributed by atoms with Crippen LogP contribution >= 0.6 is 11.6 Å². The molecule has 106 valence electrons. The zero-order valence-corrected chi connectivity index (χ0v) is 12.1. The molecule has 0 radical (unpaired) electrons. The number of nitrogens with zero attached hydrogens (tertiary/aromatic N) is 1. The lowest BCUT2D eigenvalue weighted by Gasteiger charge is -2.33. The third-order valence-electron chi connectivity index (χ3n) is 3.40. The molecule has 1 aromatic carbocycles. The lowest BCUT2D eigenvalue weighted by Crippen LogP contribution is -2.39. The third kappa shape index (κ3) is 4.18. The normalized spacial score (nSPS) is 14.4. The number of hydrogen-bond acceptors (Lipinski definition) is 2. The number of hydrogen-bond donors (Lipinski definition) is 1. The van der Waals surface area contributed by atoms with Crippen molar-refractivity contribution < 1.29 is 14.3 Å². The average Bonchev–Trinajstić information content (AvgIpc) is 2.37. The molecule has 0 spiro atoms. The van der Waals surface area contributed by atoms with Crippen LogP contribution in [0, 0.1) is 5.82 Å². The van der Waals surface area contributed by atoms with Crippen LogP contribution in [-0.4, -0.2) is 28.6 Å². The van der Waals surface area contributed by atoms with Gasteiger partial charge in [-0.15, -0.1) is 0 Å². The molecule has 0 aliphatic carbocycles. The summed E-state index contributed by atoms with van der Waals surface area (Å²) in [7, 11) is 0. The molecule has 0 heterocycles. The summed E-state index contributed by atoms with van der Waals surface area (Å²) < 4.78 is 13.2. The van der Waals surface area contributed by atoms with Crippen LogP contribution in [0.3, 0.4) is 0 Å². The van der Waals surface area contributed by atoms with E-state index in [1.807, 2.05) is 25.7 Å². The molecule has 0 aliphatic heterocycles. The zero-order chi connectivity index (χ0) is 14.6. The summed E-state index contributed by atoms with van der Waals surface area (Å²) in [6.07, 6.45) is 0.840. The first-order valence-electron chi connectivity index (χ1n) is 6.29. The molecule has 1 aromatic rings. The fourth-order valence-corrected chi connectivity index (χ4v) is 2.22. The molecule has 2 unspecified atom stereocenters. The van der Waals surface area contributed by atoms with Crippen LogP contribution in [0.1, 0.15) is 38.8 Å². The van der Waals surface area contributed by atoms with E-state index in [0.29, 0.717) is 0 Å². The predicted molar refractivity (Wildman–Crippen MR) is 73.9 cm³/mol. The summed E-state index contributed by atoms with van der Waals surface area (Å²) in [6.45, 7) is 5.83. The van der Waals surface area contributed by atoms with Gasteiger partial charge in [0.2, 0.25) is 0 Å². The first-order chi connectivity index (χ1) is 8.86. The van der Waals surface area contributed by atoms with Gasteiger partial charge in [0.25, 0.3) is 0 Å². The highest BCUT2D eigenvalue weighted by molar-refractivity contribution is 6.30. The summed E-state index contributed by atoms with van der Waals surface area (Å²) >= 11 is 5.77. The van der Waals surface area contributed by atoms with Gasteiger partial charge in [-0.3, -0.25) is 9.69 Å². The molecule has 1 N–H and O–H groups in total. The van der Waals surface area contributed by atoms with Crippen LogP contribution in [0.4, 0.5) is 4.39 Å². The molecular weight excluding hydrogens is 269 g/mol. The number of halogens is 2. The number of carboxylic acids is 1. The molecule has 0 saturated heterocycles. The van der Waals surface area contributed by atoms with Crippen molar-refractivity contribution in [2.75, 3.05) is 6.54 Å². The molecule has 0 fully saturated rings. The van der Waals surface area contributed by atoms with Gasteiger partial charge in [-0.25, -0.2) is 4.39 Å². The highest BCUT2D eigenvalue weighted by Crippen LogP contribution is 2.26. The van der Waals surface area contributed by atoms with Crippen molar-refractivity contribution in [1.82, 2.24) is 4.90 Å². The van der Waals surface area contributed by atoms with Gasteiger partial charge in [-0.2, -0.15) is 0 Å². The SMILES string of the molecule is CCC(C)N(CC(=O)O)C(C)c1ccc(F)c(Cl)c1. The average molecular weight is 288 g/mol. The Hall–Kier alpha value is -1.13. The number of aliphatic carboxylic acids is 1. The number of rotatable bonds is 6. The minimum Gasteiger partial charge on any atom is -0.480 e. The molecule has 1 rings (SSSR count). The monoisotopic (exact) mass is 287 g/mol. The van der Waals surface area contributed by atoms with E-state index in [0.717, 1.165) is 12.0 Å². The van der Waals surface area contributed by atoms with E-state index in [9.17, 15) is 9.18 Å². The summed E-state index contributed by atoms with van der Waals surface area (Å²) in [5, 5.41) is 9.05. The number of carbonyl (C=O) groups is 1. The summed E-state index contributed by atoms with van der Waals surface area (Å²) in [5.74, 6) is -1.34. The fourth-order valence-electron chi connectivity index (χ4n) is 2.03. The van der Waals surface area contributed by atoms with Gasteiger partial charge in [0, 0.05) is 12.1 Å². The second-order valence-corrected chi connectivity index (χ2v) is 5.08. The van der Waals surface area contributed by atoms with Crippen LogP contribution < -0.4 is 0 Å². The molecule has 0 aromatic heterocycles. The van der Waals surface area contributed by atoms with E-state index >= 15 is 0 Å². The molecule has 19 heavy (non-hydrogen) atoms. The zero-order valence-electron chi connectivity index (χ0n) is 11.4. The van der Waals surface area contributed by atoms with Gasteiger partial charge in [-0.05, 0) is 38.0 Å². The second kappa shape index (κ2) is 6.87. The van der Waals surface area contributed by atoms with Gasteiger partial charge in [-0.1, -0.05) is 24.6 Å². The van der Waals surface area contributed by atoms with Crippen LogP contribution in [0.2, 0.25) is 5.02 Å². The Bertz CT molecular complexity index is 453. The second-order valence-electron chi connectivity index (χ2n) is 4.67. The Morgan fingerprint density at radius 1 is 1.47 bits per heavy atom. The topological polar surface area (TPSA) is 40.5 Å². The smallest absolute Gasteiger partial charge is 0.317 e. The lowest BCUT2D eigenvalue weighted by atomic mass is 10.0. The summed E-state index contributed by atoms with van der Waals surface area (Å²) in [6, 6.07) is 4.49. The van der Waals surface area contributed by atoms with Crippen LogP contribution in [0.25, 0.3) is 0 Å². The third-order valence-corrected chi connectivity index (χ3v) is 3.69.